The van der Waals surface area contributed by atoms with Crippen molar-refractivity contribution in [1.82, 2.24) is 0 Å². The van der Waals surface area contributed by atoms with Crippen LogP contribution in [0, 0.1) is 17.2 Å². The minimum Gasteiger partial charge on any atom is -0.494 e. The summed E-state index contributed by atoms with van der Waals surface area (Å²) in [7, 11) is 1.32. The average Bonchev–Trinajstić information content (AvgIpc) is 2.29. The zero-order valence-corrected chi connectivity index (χ0v) is 8.40. The SMILES string of the molecule is COC1=CC2C(=O)C(C#N)=CN=C2C=C1F. The molecule has 1 atom stereocenters. The number of fused-ring (bicyclic) bond motifs is 1. The average molecular weight is 218 g/mol. The molecule has 0 fully saturated rings. The van der Waals surface area contributed by atoms with E-state index in [0.717, 1.165) is 12.3 Å². The minimum atomic E-state index is -0.714. The summed E-state index contributed by atoms with van der Waals surface area (Å²) >= 11 is 0. The van der Waals surface area contributed by atoms with Gasteiger partial charge in [0.25, 0.3) is 0 Å². The lowest BCUT2D eigenvalue weighted by molar-refractivity contribution is -0.116. The lowest BCUT2D eigenvalue weighted by Crippen LogP contribution is -2.27. The van der Waals surface area contributed by atoms with Crippen molar-refractivity contribution in [2.24, 2.45) is 10.9 Å². The van der Waals surface area contributed by atoms with Gasteiger partial charge in [-0.25, -0.2) is 4.39 Å². The van der Waals surface area contributed by atoms with Crippen LogP contribution in [0.25, 0.3) is 0 Å². The predicted octanol–water partition coefficient (Wildman–Crippen LogP) is 1.43. The Labute approximate surface area is 91.0 Å². The van der Waals surface area contributed by atoms with Crippen molar-refractivity contribution in [3.63, 3.8) is 0 Å². The van der Waals surface area contributed by atoms with Crippen LogP contribution in [0.4, 0.5) is 4.39 Å². The van der Waals surface area contributed by atoms with Gasteiger partial charge in [-0.15, -0.1) is 0 Å². The molecule has 0 N–H and O–H groups in total. The Morgan fingerprint density at radius 1 is 1.62 bits per heavy atom. The van der Waals surface area contributed by atoms with Crippen molar-refractivity contribution < 1.29 is 13.9 Å². The lowest BCUT2D eigenvalue weighted by Gasteiger charge is -2.20. The van der Waals surface area contributed by atoms with E-state index in [0.29, 0.717) is 5.71 Å². The molecule has 0 radical (unpaired) electrons. The van der Waals surface area contributed by atoms with Gasteiger partial charge in [0.2, 0.25) is 0 Å². The topological polar surface area (TPSA) is 62.5 Å². The summed E-state index contributed by atoms with van der Waals surface area (Å²) < 4.78 is 18.1. The molecule has 0 saturated carbocycles. The van der Waals surface area contributed by atoms with E-state index in [1.807, 2.05) is 0 Å². The zero-order valence-electron chi connectivity index (χ0n) is 8.40. The number of rotatable bonds is 1. The van der Waals surface area contributed by atoms with Crippen LogP contribution in [-0.4, -0.2) is 18.6 Å². The fourth-order valence-corrected chi connectivity index (χ4v) is 1.55. The van der Waals surface area contributed by atoms with Crippen LogP contribution in [0.1, 0.15) is 0 Å². The van der Waals surface area contributed by atoms with Crippen molar-refractivity contribution in [2.45, 2.75) is 0 Å². The highest BCUT2D eigenvalue weighted by atomic mass is 19.1. The second kappa shape index (κ2) is 3.74. The Morgan fingerprint density at radius 2 is 2.38 bits per heavy atom. The van der Waals surface area contributed by atoms with Crippen LogP contribution in [-0.2, 0) is 9.53 Å². The van der Waals surface area contributed by atoms with Gasteiger partial charge in [-0.2, -0.15) is 5.26 Å². The number of aliphatic imine (C=N–C) groups is 1. The molecule has 5 heteroatoms. The molecule has 80 valence electrons. The number of Topliss-reactive ketones (excluding diaryl/α,β-unsaturated/α-hetero) is 1. The molecule has 1 unspecified atom stereocenters. The van der Waals surface area contributed by atoms with Crippen molar-refractivity contribution >= 4 is 11.5 Å². The van der Waals surface area contributed by atoms with Gasteiger partial charge in [0.05, 0.1) is 18.7 Å². The monoisotopic (exact) mass is 218 g/mol. The van der Waals surface area contributed by atoms with E-state index in [1.165, 1.54) is 13.2 Å². The maximum Gasteiger partial charge on any atom is 0.187 e. The number of nitrogens with zero attached hydrogens (tertiary/aromatic N) is 2. The van der Waals surface area contributed by atoms with Gasteiger partial charge in [-0.3, -0.25) is 9.79 Å². The van der Waals surface area contributed by atoms with Crippen LogP contribution in [0.15, 0.2) is 40.5 Å². The minimum absolute atomic E-state index is 0.00325. The highest BCUT2D eigenvalue weighted by Gasteiger charge is 2.32. The quantitative estimate of drug-likeness (QED) is 0.668. The zero-order chi connectivity index (χ0) is 11.7. The first kappa shape index (κ1) is 10.3. The maximum atomic E-state index is 13.3. The molecule has 2 rings (SSSR count). The molecule has 0 saturated heterocycles. The first-order valence-electron chi connectivity index (χ1n) is 4.53. The molecule has 0 amide bonds. The number of carbonyl (C=O) groups excluding carboxylic acids is 1. The van der Waals surface area contributed by atoms with Crippen LogP contribution in [0.3, 0.4) is 0 Å². The summed E-state index contributed by atoms with van der Waals surface area (Å²) in [5.41, 5.74) is 0.262. The summed E-state index contributed by atoms with van der Waals surface area (Å²) in [6.45, 7) is 0. The molecule has 4 nitrogen and oxygen atoms in total. The van der Waals surface area contributed by atoms with Crippen LogP contribution in [0.5, 0.6) is 0 Å². The summed E-state index contributed by atoms with van der Waals surface area (Å²) in [6.07, 6.45) is 3.64. The largest absolute Gasteiger partial charge is 0.494 e. The molecule has 1 aliphatic carbocycles. The molecule has 0 bridgehead atoms. The number of ether oxygens (including phenoxy) is 1. The number of hydrogen-bond donors (Lipinski definition) is 0. The fourth-order valence-electron chi connectivity index (χ4n) is 1.55. The number of allylic oxidation sites excluding steroid dienone is 4. The summed E-state index contributed by atoms with van der Waals surface area (Å²) in [5.74, 6) is -1.67. The smallest absolute Gasteiger partial charge is 0.187 e. The molecular weight excluding hydrogens is 211 g/mol. The number of nitriles is 1. The third-order valence-electron chi connectivity index (χ3n) is 2.38. The maximum absolute atomic E-state index is 13.3. The Kier molecular flexibility index (Phi) is 2.41. The molecule has 0 spiro atoms. The molecule has 0 aromatic carbocycles. The highest BCUT2D eigenvalue weighted by molar-refractivity contribution is 6.21. The van der Waals surface area contributed by atoms with Crippen molar-refractivity contribution in [2.75, 3.05) is 7.11 Å². The molecule has 2 aliphatic rings. The number of methoxy groups -OCH3 is 1. The van der Waals surface area contributed by atoms with Gasteiger partial charge in [-0.1, -0.05) is 0 Å². The number of carbonyl (C=O) groups is 1. The van der Waals surface area contributed by atoms with Gasteiger partial charge in [0, 0.05) is 12.3 Å². The second-order valence-corrected chi connectivity index (χ2v) is 3.28. The highest BCUT2D eigenvalue weighted by Crippen LogP contribution is 2.27. The van der Waals surface area contributed by atoms with E-state index in [2.05, 4.69) is 4.99 Å². The molecule has 1 aliphatic heterocycles. The Morgan fingerprint density at radius 3 is 3.00 bits per heavy atom. The Hall–Kier alpha value is -2.22. The van der Waals surface area contributed by atoms with E-state index >= 15 is 0 Å². The van der Waals surface area contributed by atoms with Crippen molar-refractivity contribution in [3.8, 4) is 6.07 Å². The van der Waals surface area contributed by atoms with E-state index in [4.69, 9.17) is 10.00 Å². The third kappa shape index (κ3) is 1.44. The van der Waals surface area contributed by atoms with Gasteiger partial charge < -0.3 is 4.74 Å². The Balaban J connectivity index is 2.47. The number of halogens is 1. The molecule has 16 heavy (non-hydrogen) atoms. The van der Waals surface area contributed by atoms with Crippen molar-refractivity contribution in [3.05, 3.63) is 35.5 Å². The first-order valence-corrected chi connectivity index (χ1v) is 4.53. The molecular formula is C11H7FN2O2. The standard InChI is InChI=1S/C11H7FN2O2/c1-16-10-2-7-9(3-8(10)12)14-5-6(4-13)11(7)15/h2-3,5,7H,1H3. The summed E-state index contributed by atoms with van der Waals surface area (Å²) in [4.78, 5) is 15.6. The number of ketones is 1. The lowest BCUT2D eigenvalue weighted by atomic mass is 9.88. The van der Waals surface area contributed by atoms with Crippen molar-refractivity contribution in [1.29, 1.82) is 5.26 Å². The van der Waals surface area contributed by atoms with Gasteiger partial charge >= 0.3 is 0 Å². The Bertz CT molecular complexity index is 521. The normalized spacial score (nSPS) is 23.3. The van der Waals surface area contributed by atoms with Gasteiger partial charge in [0.1, 0.15) is 11.6 Å². The predicted molar refractivity (Wildman–Crippen MR) is 53.9 cm³/mol. The van der Waals surface area contributed by atoms with Gasteiger partial charge in [0.15, 0.2) is 17.4 Å². The molecule has 0 aromatic rings. The fraction of sp³-hybridized carbons (Fsp3) is 0.182. The number of hydrogen-bond acceptors (Lipinski definition) is 4. The molecule has 0 aromatic heterocycles. The summed E-state index contributed by atoms with van der Waals surface area (Å²) in [5, 5.41) is 8.68. The second-order valence-electron chi connectivity index (χ2n) is 3.28. The van der Waals surface area contributed by atoms with E-state index in [-0.39, 0.29) is 17.1 Å². The van der Waals surface area contributed by atoms with Crippen LogP contribution < -0.4 is 0 Å². The first-order chi connectivity index (χ1) is 7.67. The molecule has 1 heterocycles. The van der Waals surface area contributed by atoms with Gasteiger partial charge in [-0.05, 0) is 6.08 Å². The van der Waals surface area contributed by atoms with E-state index < -0.39 is 11.7 Å². The van der Waals surface area contributed by atoms with E-state index in [1.54, 1.807) is 6.07 Å². The van der Waals surface area contributed by atoms with E-state index in [9.17, 15) is 9.18 Å². The van der Waals surface area contributed by atoms with Crippen LogP contribution >= 0.6 is 0 Å². The summed E-state index contributed by atoms with van der Waals surface area (Å²) in [6, 6.07) is 1.75. The van der Waals surface area contributed by atoms with Crippen LogP contribution in [0.2, 0.25) is 0 Å². The third-order valence-corrected chi connectivity index (χ3v) is 2.38.